The van der Waals surface area contributed by atoms with Gasteiger partial charge in [0.15, 0.2) is 0 Å². The summed E-state index contributed by atoms with van der Waals surface area (Å²) >= 11 is 1.71. The molecule has 0 bridgehead atoms. The molecule has 2 heterocycles. The molecule has 0 unspecified atom stereocenters. The molecule has 0 aliphatic carbocycles. The fourth-order valence-electron chi connectivity index (χ4n) is 2.41. The van der Waals surface area contributed by atoms with E-state index < -0.39 is 5.97 Å². The largest absolute Gasteiger partial charge is 0.478 e. The quantitative estimate of drug-likeness (QED) is 0.935. The first-order valence-electron chi connectivity index (χ1n) is 6.10. The van der Waals surface area contributed by atoms with Gasteiger partial charge in [-0.1, -0.05) is 6.07 Å². The van der Waals surface area contributed by atoms with Crippen LogP contribution in [0.15, 0.2) is 24.4 Å². The molecule has 4 nitrogen and oxygen atoms in total. The lowest BCUT2D eigenvalue weighted by atomic mass is 10.1. The van der Waals surface area contributed by atoms with E-state index in [1.807, 2.05) is 19.2 Å². The number of aryl methyl sites for hydroxylation is 1. The number of aromatic nitrogens is 1. The number of nitrogens with zero attached hydrogens (tertiary/aromatic N) is 2. The number of carboxylic acid groups (broad SMARTS) is 1. The molecule has 0 spiro atoms. The highest BCUT2D eigenvalue weighted by molar-refractivity contribution is 7.11. The zero-order valence-electron chi connectivity index (χ0n) is 10.6. The van der Waals surface area contributed by atoms with Crippen molar-refractivity contribution in [1.82, 2.24) is 9.88 Å². The third-order valence-corrected chi connectivity index (χ3v) is 4.19. The monoisotopic (exact) mass is 274 g/mol. The number of hydrogen-bond donors (Lipinski definition) is 1. The molecule has 0 atom stereocenters. The zero-order valence-corrected chi connectivity index (χ0v) is 11.4. The molecule has 3 rings (SSSR count). The topological polar surface area (TPSA) is 53.4 Å². The van der Waals surface area contributed by atoms with Crippen LogP contribution in [0.3, 0.4) is 0 Å². The van der Waals surface area contributed by atoms with E-state index in [4.69, 9.17) is 5.11 Å². The lowest BCUT2D eigenvalue weighted by molar-refractivity contribution is 0.0696. The fourth-order valence-corrected chi connectivity index (χ4v) is 3.25. The van der Waals surface area contributed by atoms with Gasteiger partial charge < -0.3 is 5.11 Å². The number of thiazole rings is 1. The molecule has 1 aromatic heterocycles. The van der Waals surface area contributed by atoms with Crippen molar-refractivity contribution >= 4 is 17.3 Å². The predicted octanol–water partition coefficient (Wildman–Crippen LogP) is 2.67. The highest BCUT2D eigenvalue weighted by Gasteiger charge is 2.20. The minimum atomic E-state index is -0.862. The molecular weight excluding hydrogens is 260 g/mol. The number of aromatic carboxylic acids is 1. The SMILES string of the molecule is Cc1ncc(CN2Cc3ccc(C(=O)O)cc3C2)s1. The summed E-state index contributed by atoms with van der Waals surface area (Å²) in [6, 6.07) is 5.40. The van der Waals surface area contributed by atoms with Crippen LogP contribution in [0, 0.1) is 6.92 Å². The summed E-state index contributed by atoms with van der Waals surface area (Å²) in [4.78, 5) is 18.8. The molecular formula is C14H14N2O2S. The van der Waals surface area contributed by atoms with Gasteiger partial charge in [0, 0.05) is 30.7 Å². The van der Waals surface area contributed by atoms with E-state index in [0.29, 0.717) is 5.56 Å². The van der Waals surface area contributed by atoms with E-state index in [-0.39, 0.29) is 0 Å². The van der Waals surface area contributed by atoms with Gasteiger partial charge in [0.2, 0.25) is 0 Å². The van der Waals surface area contributed by atoms with Gasteiger partial charge in [-0.25, -0.2) is 9.78 Å². The Kier molecular flexibility index (Phi) is 3.08. The van der Waals surface area contributed by atoms with Crippen molar-refractivity contribution < 1.29 is 9.90 Å². The summed E-state index contributed by atoms with van der Waals surface area (Å²) in [5, 5.41) is 10.1. The standard InChI is InChI=1S/C14H14N2O2S/c1-9-15-5-13(19-9)8-16-6-11-3-2-10(14(17)18)4-12(11)7-16/h2-5H,6-8H2,1H3,(H,17,18). The molecule has 0 fully saturated rings. The van der Waals surface area contributed by atoms with Crippen LogP contribution < -0.4 is 0 Å². The number of hydrogen-bond acceptors (Lipinski definition) is 4. The lowest BCUT2D eigenvalue weighted by Crippen LogP contribution is -2.14. The van der Waals surface area contributed by atoms with E-state index in [1.54, 1.807) is 23.5 Å². The van der Waals surface area contributed by atoms with E-state index >= 15 is 0 Å². The molecule has 1 aromatic carbocycles. The molecule has 98 valence electrons. The number of benzene rings is 1. The van der Waals surface area contributed by atoms with Crippen LogP contribution in [0.2, 0.25) is 0 Å². The van der Waals surface area contributed by atoms with Crippen LogP contribution >= 0.6 is 11.3 Å². The third kappa shape index (κ3) is 2.52. The number of carbonyl (C=O) groups is 1. The van der Waals surface area contributed by atoms with E-state index in [2.05, 4.69) is 9.88 Å². The van der Waals surface area contributed by atoms with Crippen molar-refractivity contribution in [2.45, 2.75) is 26.6 Å². The second-order valence-electron chi connectivity index (χ2n) is 4.78. The van der Waals surface area contributed by atoms with E-state index in [1.165, 1.54) is 10.4 Å². The molecule has 19 heavy (non-hydrogen) atoms. The van der Waals surface area contributed by atoms with Crippen molar-refractivity contribution in [2.75, 3.05) is 0 Å². The first-order valence-corrected chi connectivity index (χ1v) is 6.92. The first-order chi connectivity index (χ1) is 9.11. The molecule has 1 N–H and O–H groups in total. The third-order valence-electron chi connectivity index (χ3n) is 3.29. The van der Waals surface area contributed by atoms with Crippen LogP contribution in [-0.2, 0) is 19.6 Å². The first kappa shape index (κ1) is 12.3. The lowest BCUT2D eigenvalue weighted by Gasteiger charge is -2.12. The molecule has 0 amide bonds. The van der Waals surface area contributed by atoms with Gasteiger partial charge in [0.05, 0.1) is 10.6 Å². The summed E-state index contributed by atoms with van der Waals surface area (Å²) < 4.78 is 0. The highest BCUT2D eigenvalue weighted by atomic mass is 32.1. The van der Waals surface area contributed by atoms with Crippen LogP contribution in [0.1, 0.15) is 31.4 Å². The van der Waals surface area contributed by atoms with Gasteiger partial charge in [-0.2, -0.15) is 0 Å². The van der Waals surface area contributed by atoms with Gasteiger partial charge in [-0.05, 0) is 30.2 Å². The zero-order chi connectivity index (χ0) is 13.4. The van der Waals surface area contributed by atoms with Crippen molar-refractivity contribution in [3.8, 4) is 0 Å². The van der Waals surface area contributed by atoms with Crippen LogP contribution in [0.4, 0.5) is 0 Å². The Balaban J connectivity index is 1.75. The fraction of sp³-hybridized carbons (Fsp3) is 0.286. The predicted molar refractivity (Wildman–Crippen MR) is 73.2 cm³/mol. The second-order valence-corrected chi connectivity index (χ2v) is 6.10. The summed E-state index contributed by atoms with van der Waals surface area (Å²) in [7, 11) is 0. The number of rotatable bonds is 3. The van der Waals surface area contributed by atoms with Crippen LogP contribution in [-0.4, -0.2) is 21.0 Å². The Morgan fingerprint density at radius 3 is 2.89 bits per heavy atom. The van der Waals surface area contributed by atoms with Crippen molar-refractivity contribution in [3.63, 3.8) is 0 Å². The van der Waals surface area contributed by atoms with Crippen molar-refractivity contribution in [3.05, 3.63) is 51.0 Å². The second kappa shape index (κ2) is 4.75. The molecule has 0 saturated heterocycles. The molecule has 0 saturated carbocycles. The van der Waals surface area contributed by atoms with Gasteiger partial charge >= 0.3 is 5.97 Å². The van der Waals surface area contributed by atoms with Crippen LogP contribution in [0.5, 0.6) is 0 Å². The van der Waals surface area contributed by atoms with Crippen molar-refractivity contribution in [1.29, 1.82) is 0 Å². The van der Waals surface area contributed by atoms with E-state index in [0.717, 1.165) is 30.2 Å². The normalized spacial score (nSPS) is 14.6. The molecule has 2 aromatic rings. The number of fused-ring (bicyclic) bond motifs is 1. The Morgan fingerprint density at radius 2 is 2.21 bits per heavy atom. The smallest absolute Gasteiger partial charge is 0.335 e. The average molecular weight is 274 g/mol. The molecule has 5 heteroatoms. The molecule has 1 aliphatic heterocycles. The van der Waals surface area contributed by atoms with E-state index in [9.17, 15) is 4.79 Å². The maximum absolute atomic E-state index is 11.0. The Labute approximate surface area is 115 Å². The molecule has 1 aliphatic rings. The molecule has 0 radical (unpaired) electrons. The van der Waals surface area contributed by atoms with Gasteiger partial charge in [-0.3, -0.25) is 4.90 Å². The minimum Gasteiger partial charge on any atom is -0.478 e. The minimum absolute atomic E-state index is 0.370. The summed E-state index contributed by atoms with van der Waals surface area (Å²) in [6.45, 7) is 4.58. The highest BCUT2D eigenvalue weighted by Crippen LogP contribution is 2.26. The Morgan fingerprint density at radius 1 is 1.42 bits per heavy atom. The summed E-state index contributed by atoms with van der Waals surface area (Å²) in [5.41, 5.74) is 2.72. The average Bonchev–Trinajstić information content (AvgIpc) is 2.94. The van der Waals surface area contributed by atoms with Gasteiger partial charge in [0.25, 0.3) is 0 Å². The Hall–Kier alpha value is -1.72. The summed E-state index contributed by atoms with van der Waals surface area (Å²) in [6.07, 6.45) is 1.92. The van der Waals surface area contributed by atoms with Gasteiger partial charge in [-0.15, -0.1) is 11.3 Å². The Bertz CT molecular complexity index is 636. The maximum Gasteiger partial charge on any atom is 0.335 e. The number of carboxylic acids is 1. The van der Waals surface area contributed by atoms with Gasteiger partial charge in [0.1, 0.15) is 0 Å². The van der Waals surface area contributed by atoms with Crippen molar-refractivity contribution in [2.24, 2.45) is 0 Å². The maximum atomic E-state index is 11.0. The summed E-state index contributed by atoms with van der Waals surface area (Å²) in [5.74, 6) is -0.862. The van der Waals surface area contributed by atoms with Crippen LogP contribution in [0.25, 0.3) is 0 Å².